The average Bonchev–Trinajstić information content (AvgIpc) is 3.76. The van der Waals surface area contributed by atoms with Gasteiger partial charge in [-0.1, -0.05) is 60.7 Å². The van der Waals surface area contributed by atoms with E-state index >= 15 is 0 Å². The number of benzene rings is 3. The van der Waals surface area contributed by atoms with Crippen molar-refractivity contribution in [2.45, 2.75) is 25.8 Å². The second-order valence-electron chi connectivity index (χ2n) is 10.3. The Kier molecular flexibility index (Phi) is 8.09. The number of amides is 2. The van der Waals surface area contributed by atoms with Gasteiger partial charge in [0, 0.05) is 42.2 Å². The average molecular weight is 578 g/mol. The van der Waals surface area contributed by atoms with Crippen molar-refractivity contribution in [3.63, 3.8) is 0 Å². The Labute approximate surface area is 248 Å². The molecule has 3 aromatic carbocycles. The quantitative estimate of drug-likeness (QED) is 0.179. The molecule has 0 radical (unpaired) electrons. The summed E-state index contributed by atoms with van der Waals surface area (Å²) in [5.41, 5.74) is 4.06. The van der Waals surface area contributed by atoms with E-state index in [0.29, 0.717) is 41.4 Å². The maximum Gasteiger partial charge on any atom is 0.268 e. The fourth-order valence-electron chi connectivity index (χ4n) is 5.21. The number of rotatable bonds is 11. The van der Waals surface area contributed by atoms with E-state index in [2.05, 4.69) is 10.6 Å². The Balaban J connectivity index is 1.22. The summed E-state index contributed by atoms with van der Waals surface area (Å²) in [6.45, 7) is 2.21. The summed E-state index contributed by atoms with van der Waals surface area (Å²) in [7, 11) is 0. The van der Waals surface area contributed by atoms with E-state index in [9.17, 15) is 14.4 Å². The molecule has 0 unspecified atom stereocenters. The Morgan fingerprint density at radius 2 is 1.69 bits per heavy atom. The van der Waals surface area contributed by atoms with Crippen LogP contribution in [-0.2, 0) is 11.3 Å². The van der Waals surface area contributed by atoms with Crippen molar-refractivity contribution in [2.24, 2.45) is 0 Å². The van der Waals surface area contributed by atoms with Crippen molar-refractivity contribution >= 4 is 51.6 Å². The number of nitrogens with zero attached hydrogens (tertiary/aromatic N) is 3. The fourth-order valence-corrected chi connectivity index (χ4v) is 6.12. The van der Waals surface area contributed by atoms with Gasteiger partial charge >= 0.3 is 0 Å². The highest BCUT2D eigenvalue weighted by molar-refractivity contribution is 7.17. The van der Waals surface area contributed by atoms with Gasteiger partial charge in [-0.15, -0.1) is 11.3 Å². The van der Waals surface area contributed by atoms with E-state index in [-0.39, 0.29) is 24.1 Å². The molecular weight excluding hydrogens is 546 g/mol. The van der Waals surface area contributed by atoms with E-state index in [1.54, 1.807) is 12.1 Å². The second-order valence-corrected chi connectivity index (χ2v) is 11.3. The molecule has 1 fully saturated rings. The molecule has 5 aromatic rings. The fraction of sp³-hybridized carbons (Fsp3) is 0.212. The van der Waals surface area contributed by atoms with Gasteiger partial charge in [-0.25, -0.2) is 4.98 Å². The number of anilines is 2. The van der Waals surface area contributed by atoms with Crippen molar-refractivity contribution in [1.29, 1.82) is 0 Å². The highest BCUT2D eigenvalue weighted by Gasteiger charge is 2.21. The van der Waals surface area contributed by atoms with Gasteiger partial charge in [-0.2, -0.15) is 0 Å². The van der Waals surface area contributed by atoms with E-state index < -0.39 is 0 Å². The summed E-state index contributed by atoms with van der Waals surface area (Å²) in [6, 6.07) is 28.7. The number of carbonyl (C=O) groups is 3. The molecule has 1 saturated heterocycles. The minimum Gasteiger partial charge on any atom is -0.378 e. The van der Waals surface area contributed by atoms with E-state index in [0.717, 1.165) is 41.0 Å². The van der Waals surface area contributed by atoms with Crippen LogP contribution < -0.4 is 10.6 Å². The highest BCUT2D eigenvalue weighted by atomic mass is 32.1. The predicted molar refractivity (Wildman–Crippen MR) is 167 cm³/mol. The molecular formula is C33H31N5O3S. The summed E-state index contributed by atoms with van der Waals surface area (Å²) in [4.78, 5) is 46.3. The molecule has 3 heterocycles. The van der Waals surface area contributed by atoms with Crippen molar-refractivity contribution in [1.82, 2.24) is 14.5 Å². The lowest BCUT2D eigenvalue weighted by Gasteiger charge is -2.16. The van der Waals surface area contributed by atoms with Gasteiger partial charge in [0.15, 0.2) is 5.78 Å². The Morgan fingerprint density at radius 3 is 2.45 bits per heavy atom. The standard InChI is InChI=1S/C33H31N5O3S/c39-28(23-9-3-1-4-10-23)22-34-25-14-15-27-26(21-25)35-33(38(27)20-8-19-37-18-7-13-31(37)40)36-32(41)30-17-16-29(42-30)24-11-5-2-6-12-24/h1-6,9-12,14-17,21,34H,7-8,13,18-20,22H2,(H,35,36,41). The third kappa shape index (κ3) is 6.11. The molecule has 212 valence electrons. The van der Waals surface area contributed by atoms with E-state index in [4.69, 9.17) is 4.98 Å². The molecule has 8 nitrogen and oxygen atoms in total. The van der Waals surface area contributed by atoms with Crippen molar-refractivity contribution < 1.29 is 14.4 Å². The third-order valence-electron chi connectivity index (χ3n) is 7.39. The minimum absolute atomic E-state index is 0.00328. The summed E-state index contributed by atoms with van der Waals surface area (Å²) in [5, 5.41) is 6.23. The Bertz CT molecular complexity index is 1730. The second kappa shape index (κ2) is 12.4. The number of ketones is 1. The zero-order valence-electron chi connectivity index (χ0n) is 23.1. The van der Waals surface area contributed by atoms with Gasteiger partial charge in [0.2, 0.25) is 11.9 Å². The predicted octanol–water partition coefficient (Wildman–Crippen LogP) is 6.32. The van der Waals surface area contributed by atoms with Crippen LogP contribution in [0.4, 0.5) is 11.6 Å². The van der Waals surface area contributed by atoms with Crippen molar-refractivity contribution in [3.8, 4) is 10.4 Å². The molecule has 1 aliphatic rings. The number of carbonyl (C=O) groups excluding carboxylic acids is 3. The first-order valence-electron chi connectivity index (χ1n) is 14.1. The van der Waals surface area contributed by atoms with Gasteiger partial charge in [-0.05, 0) is 48.7 Å². The smallest absolute Gasteiger partial charge is 0.268 e. The Morgan fingerprint density at radius 1 is 0.905 bits per heavy atom. The topological polar surface area (TPSA) is 96.3 Å². The molecule has 6 rings (SSSR count). The lowest BCUT2D eigenvalue weighted by Crippen LogP contribution is -2.26. The number of hydrogen-bond donors (Lipinski definition) is 2. The Hall–Kier alpha value is -4.76. The van der Waals surface area contributed by atoms with Crippen molar-refractivity contribution in [2.75, 3.05) is 30.3 Å². The monoisotopic (exact) mass is 577 g/mol. The van der Waals surface area contributed by atoms with Crippen LogP contribution in [0.25, 0.3) is 21.5 Å². The first-order valence-corrected chi connectivity index (χ1v) is 14.9. The molecule has 1 aliphatic heterocycles. The molecule has 0 atom stereocenters. The molecule has 0 bridgehead atoms. The zero-order chi connectivity index (χ0) is 28.9. The molecule has 9 heteroatoms. The number of fused-ring (bicyclic) bond motifs is 1. The van der Waals surface area contributed by atoms with Gasteiger partial charge < -0.3 is 14.8 Å². The summed E-state index contributed by atoms with van der Waals surface area (Å²) in [5.74, 6) is 0.429. The number of nitrogens with one attached hydrogen (secondary N) is 2. The van der Waals surface area contributed by atoms with Crippen LogP contribution in [0, 0.1) is 0 Å². The zero-order valence-corrected chi connectivity index (χ0v) is 23.9. The number of Topliss-reactive ketones (excluding diaryl/α,β-unsaturated/α-hetero) is 1. The molecule has 0 spiro atoms. The van der Waals surface area contributed by atoms with Gasteiger partial charge in [0.05, 0.1) is 22.5 Å². The molecule has 0 aliphatic carbocycles. The maximum absolute atomic E-state index is 13.3. The normalized spacial score (nSPS) is 13.0. The van der Waals surface area contributed by atoms with Crippen LogP contribution in [0.5, 0.6) is 0 Å². The molecule has 2 amide bonds. The van der Waals surface area contributed by atoms with Crippen LogP contribution in [-0.4, -0.2) is 51.7 Å². The lowest BCUT2D eigenvalue weighted by atomic mass is 10.1. The van der Waals surface area contributed by atoms with Gasteiger partial charge in [-0.3, -0.25) is 19.7 Å². The number of aromatic nitrogens is 2. The summed E-state index contributed by atoms with van der Waals surface area (Å²) < 4.78 is 2.00. The van der Waals surface area contributed by atoms with Gasteiger partial charge in [0.25, 0.3) is 5.91 Å². The third-order valence-corrected chi connectivity index (χ3v) is 8.52. The van der Waals surface area contributed by atoms with Crippen LogP contribution >= 0.6 is 11.3 Å². The van der Waals surface area contributed by atoms with E-state index in [1.807, 2.05) is 88.3 Å². The maximum atomic E-state index is 13.3. The molecule has 0 saturated carbocycles. The van der Waals surface area contributed by atoms with Crippen LogP contribution in [0.15, 0.2) is 91.0 Å². The number of imidazole rings is 1. The number of likely N-dealkylation sites (tertiary alicyclic amines) is 1. The van der Waals surface area contributed by atoms with Crippen LogP contribution in [0.3, 0.4) is 0 Å². The van der Waals surface area contributed by atoms with Gasteiger partial charge in [0.1, 0.15) is 0 Å². The largest absolute Gasteiger partial charge is 0.378 e. The minimum atomic E-state index is -0.222. The number of thiophene rings is 1. The molecule has 42 heavy (non-hydrogen) atoms. The van der Waals surface area contributed by atoms with Crippen molar-refractivity contribution in [3.05, 3.63) is 101 Å². The first-order chi connectivity index (χ1) is 20.5. The van der Waals surface area contributed by atoms with Crippen LogP contribution in [0.1, 0.15) is 39.3 Å². The molecule has 2 aromatic heterocycles. The molecule has 2 N–H and O–H groups in total. The number of hydrogen-bond acceptors (Lipinski definition) is 6. The highest BCUT2D eigenvalue weighted by Crippen LogP contribution is 2.29. The van der Waals surface area contributed by atoms with E-state index in [1.165, 1.54) is 11.3 Å². The lowest BCUT2D eigenvalue weighted by molar-refractivity contribution is -0.127. The summed E-state index contributed by atoms with van der Waals surface area (Å²) in [6.07, 6.45) is 2.26. The van der Waals surface area contributed by atoms with Crippen LogP contribution in [0.2, 0.25) is 0 Å². The first kappa shape index (κ1) is 27.4. The SMILES string of the molecule is O=C(CNc1ccc2c(c1)nc(NC(=O)c1ccc(-c3ccccc3)s1)n2CCCN1CCCC1=O)c1ccccc1. The number of aryl methyl sites for hydroxylation is 1. The summed E-state index contributed by atoms with van der Waals surface area (Å²) >= 11 is 1.44.